The third kappa shape index (κ3) is 1.59. The fraction of sp³-hybridized carbons (Fsp3) is 0.524. The standard InChI is InChI=1S/C21H19Br2NO2/c22-8-21-13-6-12-17(21)19(25)11(15(20(21)26)16(13)18(12)23)5-9-7-24-14-4-2-1-3-10(9)14/h1-4,7,11-13,15-18,24H,5-6,8H2/t11-,12+,13+,15-,16-,17-,18+,21-/m0/s1. The SMILES string of the molecule is O=C1[C@@H](Cc2c[nH]c3ccccc23)[C@@H]2C(=O)[C@@]3(CBr)[C@@H]4C[C@@H]([C@@H](Br)[C@H]24)[C@@H]13. The second kappa shape index (κ2) is 5.11. The van der Waals surface area contributed by atoms with Gasteiger partial charge < -0.3 is 4.98 Å². The van der Waals surface area contributed by atoms with Crippen LogP contribution < -0.4 is 0 Å². The van der Waals surface area contributed by atoms with E-state index in [9.17, 15) is 9.59 Å². The van der Waals surface area contributed by atoms with E-state index in [0.717, 1.165) is 11.9 Å². The van der Waals surface area contributed by atoms with E-state index in [2.05, 4.69) is 49.0 Å². The molecular formula is C21H19Br2NO2. The van der Waals surface area contributed by atoms with Gasteiger partial charge in [0.15, 0.2) is 0 Å². The molecule has 1 aromatic heterocycles. The number of Topliss-reactive ketones (excluding diaryl/α,β-unsaturated/α-hetero) is 2. The lowest BCUT2D eigenvalue weighted by atomic mass is 9.62. The maximum absolute atomic E-state index is 13.6. The predicted molar refractivity (Wildman–Crippen MR) is 107 cm³/mol. The predicted octanol–water partition coefficient (Wildman–Crippen LogP) is 4.14. The Kier molecular flexibility index (Phi) is 3.15. The molecule has 5 heteroatoms. The summed E-state index contributed by atoms with van der Waals surface area (Å²) in [5.74, 6) is 1.45. The van der Waals surface area contributed by atoms with Crippen LogP contribution in [-0.4, -0.2) is 26.7 Å². The smallest absolute Gasteiger partial charge is 0.145 e. The van der Waals surface area contributed by atoms with E-state index in [0.29, 0.717) is 45.9 Å². The number of rotatable bonds is 3. The molecule has 1 N–H and O–H groups in total. The maximum atomic E-state index is 13.6. The summed E-state index contributed by atoms with van der Waals surface area (Å²) in [4.78, 5) is 30.8. The normalized spacial score (nSPS) is 45.4. The van der Waals surface area contributed by atoms with E-state index >= 15 is 0 Å². The number of H-pyrrole nitrogens is 1. The van der Waals surface area contributed by atoms with Crippen LogP contribution in [0.5, 0.6) is 0 Å². The van der Waals surface area contributed by atoms with Crippen molar-refractivity contribution < 1.29 is 9.59 Å². The molecule has 4 saturated carbocycles. The lowest BCUT2D eigenvalue weighted by Gasteiger charge is -2.41. The molecule has 2 aromatic rings. The van der Waals surface area contributed by atoms with Crippen LogP contribution in [0.3, 0.4) is 0 Å². The molecule has 4 bridgehead atoms. The first-order valence-corrected chi connectivity index (χ1v) is 11.5. The summed E-state index contributed by atoms with van der Waals surface area (Å²) in [6, 6.07) is 8.22. The number of carbonyl (C=O) groups excluding carboxylic acids is 2. The zero-order valence-electron chi connectivity index (χ0n) is 14.1. The summed E-state index contributed by atoms with van der Waals surface area (Å²) in [6.07, 6.45) is 3.76. The van der Waals surface area contributed by atoms with E-state index in [1.807, 2.05) is 18.3 Å². The summed E-state index contributed by atoms with van der Waals surface area (Å²) in [7, 11) is 0. The van der Waals surface area contributed by atoms with Gasteiger partial charge in [-0.1, -0.05) is 50.1 Å². The highest BCUT2D eigenvalue weighted by atomic mass is 79.9. The number of aromatic nitrogens is 1. The Morgan fingerprint density at radius 2 is 2.04 bits per heavy atom. The Balaban J connectivity index is 1.46. The molecule has 6 rings (SSSR count). The van der Waals surface area contributed by atoms with Crippen LogP contribution in [0.4, 0.5) is 0 Å². The van der Waals surface area contributed by atoms with E-state index in [-0.39, 0.29) is 17.8 Å². The van der Waals surface area contributed by atoms with Crippen molar-refractivity contribution in [3.8, 4) is 0 Å². The largest absolute Gasteiger partial charge is 0.361 e. The van der Waals surface area contributed by atoms with E-state index in [1.54, 1.807) is 0 Å². The van der Waals surface area contributed by atoms with Crippen LogP contribution in [-0.2, 0) is 16.0 Å². The van der Waals surface area contributed by atoms with Gasteiger partial charge in [0, 0.05) is 45.0 Å². The molecule has 1 aromatic carbocycles. The van der Waals surface area contributed by atoms with Crippen molar-refractivity contribution in [3.05, 3.63) is 36.0 Å². The Labute approximate surface area is 168 Å². The molecule has 4 aliphatic carbocycles. The number of ketones is 2. The molecule has 0 radical (unpaired) electrons. The molecule has 0 spiro atoms. The van der Waals surface area contributed by atoms with Crippen molar-refractivity contribution in [2.45, 2.75) is 17.7 Å². The topological polar surface area (TPSA) is 49.9 Å². The summed E-state index contributed by atoms with van der Waals surface area (Å²) >= 11 is 7.53. The van der Waals surface area contributed by atoms with Crippen molar-refractivity contribution in [3.63, 3.8) is 0 Å². The number of halogens is 2. The molecule has 26 heavy (non-hydrogen) atoms. The number of nitrogens with one attached hydrogen (secondary N) is 1. The number of hydrogen-bond acceptors (Lipinski definition) is 2. The monoisotopic (exact) mass is 475 g/mol. The number of benzene rings is 1. The fourth-order valence-corrected chi connectivity index (χ4v) is 9.44. The second-order valence-electron chi connectivity index (χ2n) is 8.64. The first-order chi connectivity index (χ1) is 12.6. The second-order valence-corrected chi connectivity index (χ2v) is 10.3. The number of alkyl halides is 2. The van der Waals surface area contributed by atoms with Crippen LogP contribution >= 0.6 is 31.9 Å². The van der Waals surface area contributed by atoms with Crippen molar-refractivity contribution in [2.24, 2.45) is 40.9 Å². The molecule has 1 heterocycles. The summed E-state index contributed by atoms with van der Waals surface area (Å²) in [5.41, 5.74) is 1.87. The molecule has 3 nitrogen and oxygen atoms in total. The number of hydrogen-bond donors (Lipinski definition) is 1. The lowest BCUT2D eigenvalue weighted by molar-refractivity contribution is -0.148. The van der Waals surface area contributed by atoms with Crippen molar-refractivity contribution in [1.29, 1.82) is 0 Å². The third-order valence-electron chi connectivity index (χ3n) is 8.03. The number of carbonyl (C=O) groups is 2. The molecule has 4 aliphatic rings. The third-order valence-corrected chi connectivity index (χ3v) is 10.2. The summed E-state index contributed by atoms with van der Waals surface area (Å²) < 4.78 is 0. The Bertz CT molecular complexity index is 968. The number of aromatic amines is 1. The minimum Gasteiger partial charge on any atom is -0.361 e. The van der Waals surface area contributed by atoms with Gasteiger partial charge in [-0.25, -0.2) is 0 Å². The van der Waals surface area contributed by atoms with E-state index < -0.39 is 5.41 Å². The van der Waals surface area contributed by atoms with Gasteiger partial charge in [0.25, 0.3) is 0 Å². The minimum atomic E-state index is -0.405. The number of fused-ring (bicyclic) bond motifs is 5. The Morgan fingerprint density at radius 1 is 1.23 bits per heavy atom. The van der Waals surface area contributed by atoms with Gasteiger partial charge in [0.1, 0.15) is 11.6 Å². The van der Waals surface area contributed by atoms with Crippen molar-refractivity contribution >= 4 is 54.3 Å². The van der Waals surface area contributed by atoms with Crippen LogP contribution in [0, 0.1) is 40.9 Å². The molecule has 4 fully saturated rings. The van der Waals surface area contributed by atoms with Gasteiger partial charge in [-0.3, -0.25) is 9.59 Å². The Hall–Kier alpha value is -0.940. The van der Waals surface area contributed by atoms with Gasteiger partial charge in [0.2, 0.25) is 0 Å². The van der Waals surface area contributed by atoms with Crippen LogP contribution in [0.15, 0.2) is 30.5 Å². The van der Waals surface area contributed by atoms with E-state index in [4.69, 9.17) is 0 Å². The molecule has 0 amide bonds. The van der Waals surface area contributed by atoms with Gasteiger partial charge in [-0.05, 0) is 42.2 Å². The van der Waals surface area contributed by atoms with Crippen LogP contribution in [0.2, 0.25) is 0 Å². The maximum Gasteiger partial charge on any atom is 0.145 e. The van der Waals surface area contributed by atoms with Crippen molar-refractivity contribution in [2.75, 3.05) is 5.33 Å². The summed E-state index contributed by atoms with van der Waals surface area (Å²) in [6.45, 7) is 0. The average Bonchev–Trinajstić information content (AvgIpc) is 3.31. The molecule has 0 unspecified atom stereocenters. The Morgan fingerprint density at radius 3 is 2.85 bits per heavy atom. The van der Waals surface area contributed by atoms with Crippen LogP contribution in [0.1, 0.15) is 12.0 Å². The molecule has 134 valence electrons. The first-order valence-electron chi connectivity index (χ1n) is 9.42. The van der Waals surface area contributed by atoms with E-state index in [1.165, 1.54) is 10.9 Å². The highest BCUT2D eigenvalue weighted by Crippen LogP contribution is 2.75. The fourth-order valence-electron chi connectivity index (χ4n) is 7.18. The van der Waals surface area contributed by atoms with Crippen molar-refractivity contribution in [1.82, 2.24) is 4.98 Å². The molecular weight excluding hydrogens is 458 g/mol. The number of para-hydroxylation sites is 1. The molecule has 0 saturated heterocycles. The van der Waals surface area contributed by atoms with Crippen LogP contribution in [0.25, 0.3) is 10.9 Å². The highest BCUT2D eigenvalue weighted by Gasteiger charge is 2.80. The van der Waals surface area contributed by atoms with Gasteiger partial charge >= 0.3 is 0 Å². The molecule has 0 aliphatic heterocycles. The van der Waals surface area contributed by atoms with Gasteiger partial charge in [0.05, 0.1) is 5.41 Å². The minimum absolute atomic E-state index is 0.0889. The lowest BCUT2D eigenvalue weighted by Crippen LogP contribution is -2.52. The quantitative estimate of drug-likeness (QED) is 0.677. The highest BCUT2D eigenvalue weighted by molar-refractivity contribution is 9.09. The average molecular weight is 477 g/mol. The zero-order chi connectivity index (χ0) is 17.8. The summed E-state index contributed by atoms with van der Waals surface area (Å²) in [5, 5.41) is 1.83. The molecule has 8 atom stereocenters. The zero-order valence-corrected chi connectivity index (χ0v) is 17.3. The van der Waals surface area contributed by atoms with Gasteiger partial charge in [-0.2, -0.15) is 0 Å². The van der Waals surface area contributed by atoms with Gasteiger partial charge in [-0.15, -0.1) is 0 Å². The first kappa shape index (κ1) is 16.1.